The molecule has 2 N–H and O–H groups in total. The summed E-state index contributed by atoms with van der Waals surface area (Å²) >= 11 is 0. The van der Waals surface area contributed by atoms with Crippen LogP contribution in [0.15, 0.2) is 35.7 Å². The van der Waals surface area contributed by atoms with Crippen LogP contribution in [0.5, 0.6) is 0 Å². The summed E-state index contributed by atoms with van der Waals surface area (Å²) in [5.74, 6) is 0. The lowest BCUT2D eigenvalue weighted by atomic mass is 9.96. The van der Waals surface area contributed by atoms with Gasteiger partial charge >= 0.3 is 0 Å². The summed E-state index contributed by atoms with van der Waals surface area (Å²) in [7, 11) is 4.24. The molecule has 3 aliphatic rings. The van der Waals surface area contributed by atoms with Gasteiger partial charge in [0.1, 0.15) is 11.8 Å². The zero-order valence-corrected chi connectivity index (χ0v) is 18.6. The molecule has 8 nitrogen and oxygen atoms in total. The van der Waals surface area contributed by atoms with E-state index in [2.05, 4.69) is 46.9 Å². The number of aromatic nitrogens is 2. The van der Waals surface area contributed by atoms with Crippen molar-refractivity contribution in [1.82, 2.24) is 19.4 Å². The third-order valence-corrected chi connectivity index (χ3v) is 6.96. The molecule has 2 aliphatic heterocycles. The lowest BCUT2D eigenvalue weighted by Crippen LogP contribution is -2.51. The number of fused-ring (bicyclic) bond motifs is 2. The monoisotopic (exact) mass is 421 g/mol. The van der Waals surface area contributed by atoms with Crippen LogP contribution in [0.25, 0.3) is 5.52 Å². The van der Waals surface area contributed by atoms with Gasteiger partial charge in [0.2, 0.25) is 0 Å². The first-order chi connectivity index (χ1) is 14.9. The lowest BCUT2D eigenvalue weighted by molar-refractivity contribution is -0.0299. The highest BCUT2D eigenvalue weighted by Gasteiger charge is 2.45. The number of hydrogen-bond donors (Lipinski definition) is 1. The Morgan fingerprint density at radius 3 is 2.94 bits per heavy atom. The molecule has 0 amide bonds. The van der Waals surface area contributed by atoms with E-state index in [-0.39, 0.29) is 17.7 Å². The third kappa shape index (κ3) is 3.47. The highest BCUT2D eigenvalue weighted by atomic mass is 16.5. The Kier molecular flexibility index (Phi) is 4.93. The summed E-state index contributed by atoms with van der Waals surface area (Å²) in [4.78, 5) is 7.07. The first-order valence-corrected chi connectivity index (χ1v) is 11.1. The number of hydrogen-bond acceptors (Lipinski definition) is 7. The predicted molar refractivity (Wildman–Crippen MR) is 120 cm³/mol. The SMILES string of the molecule is C[C@@H]1CN(c2ccc(C#N)n3nccc23)C[C@H](CN2CC3=C(N(C)C)CC[C@]3(N)C2)O1. The number of nitrogens with zero attached hydrogens (tertiary/aromatic N) is 6. The van der Waals surface area contributed by atoms with Crippen molar-refractivity contribution in [2.75, 3.05) is 51.7 Å². The molecule has 2 fully saturated rings. The number of allylic oxidation sites excluding steroid dienone is 1. The molecule has 8 heteroatoms. The smallest absolute Gasteiger partial charge is 0.142 e. The fraction of sp³-hybridized carbons (Fsp3) is 0.565. The molecule has 1 aliphatic carbocycles. The Balaban J connectivity index is 1.34. The van der Waals surface area contributed by atoms with E-state index in [9.17, 15) is 5.26 Å². The molecule has 0 spiro atoms. The fourth-order valence-electron chi connectivity index (χ4n) is 5.64. The molecular formula is C23H31N7O. The number of ether oxygens (including phenoxy) is 1. The number of anilines is 1. The molecule has 0 radical (unpaired) electrons. The molecule has 4 heterocycles. The number of likely N-dealkylation sites (tertiary alicyclic amines) is 1. The molecule has 0 saturated carbocycles. The second-order valence-electron chi connectivity index (χ2n) is 9.46. The topological polar surface area (TPSA) is 86.1 Å². The van der Waals surface area contributed by atoms with Crippen molar-refractivity contribution in [3.05, 3.63) is 41.4 Å². The van der Waals surface area contributed by atoms with Gasteiger partial charge in [0.15, 0.2) is 0 Å². The van der Waals surface area contributed by atoms with E-state index in [4.69, 9.17) is 10.5 Å². The van der Waals surface area contributed by atoms with E-state index in [1.54, 1.807) is 10.7 Å². The minimum Gasteiger partial charge on any atom is -0.381 e. The van der Waals surface area contributed by atoms with Gasteiger partial charge in [-0.1, -0.05) is 0 Å². The lowest BCUT2D eigenvalue weighted by Gasteiger charge is -2.39. The van der Waals surface area contributed by atoms with Crippen molar-refractivity contribution in [3.63, 3.8) is 0 Å². The second-order valence-corrected chi connectivity index (χ2v) is 9.46. The van der Waals surface area contributed by atoms with Crippen LogP contribution in [-0.4, -0.2) is 84.0 Å². The maximum atomic E-state index is 9.37. The standard InChI is InChI=1S/C23H31N7O/c1-16-11-29(21-5-4-17(10-24)30-22(21)7-9-26-30)13-18(31-16)12-28-14-19-20(27(2)3)6-8-23(19,25)15-28/h4-5,7,9,16,18H,6,8,11-15,25H2,1-3H3/t16-,18+,23+/m1/s1. The Morgan fingerprint density at radius 1 is 1.32 bits per heavy atom. The van der Waals surface area contributed by atoms with Crippen LogP contribution in [0.2, 0.25) is 0 Å². The van der Waals surface area contributed by atoms with Crippen LogP contribution in [0.3, 0.4) is 0 Å². The van der Waals surface area contributed by atoms with Gasteiger partial charge in [0, 0.05) is 52.5 Å². The van der Waals surface area contributed by atoms with Gasteiger partial charge in [-0.05, 0) is 43.5 Å². The normalized spacial score (nSPS) is 28.9. The van der Waals surface area contributed by atoms with Crippen molar-refractivity contribution in [2.24, 2.45) is 5.73 Å². The van der Waals surface area contributed by atoms with Crippen molar-refractivity contribution in [3.8, 4) is 6.07 Å². The van der Waals surface area contributed by atoms with Crippen LogP contribution in [0.1, 0.15) is 25.5 Å². The summed E-state index contributed by atoms with van der Waals surface area (Å²) in [6.45, 7) is 6.46. The van der Waals surface area contributed by atoms with Crippen LogP contribution >= 0.6 is 0 Å². The Morgan fingerprint density at radius 2 is 2.16 bits per heavy atom. The Bertz CT molecular complexity index is 1070. The molecule has 5 rings (SSSR count). The molecule has 2 aromatic rings. The van der Waals surface area contributed by atoms with Crippen molar-refractivity contribution < 1.29 is 4.74 Å². The molecule has 3 atom stereocenters. The number of morpholine rings is 1. The maximum Gasteiger partial charge on any atom is 0.142 e. The van der Waals surface area contributed by atoms with Gasteiger partial charge < -0.3 is 20.3 Å². The van der Waals surface area contributed by atoms with Crippen molar-refractivity contribution in [2.45, 2.75) is 37.5 Å². The molecule has 2 aromatic heterocycles. The van der Waals surface area contributed by atoms with E-state index in [0.29, 0.717) is 5.69 Å². The molecule has 2 saturated heterocycles. The molecule has 0 unspecified atom stereocenters. The fourth-order valence-corrected chi connectivity index (χ4v) is 5.64. The minimum atomic E-state index is -0.184. The van der Waals surface area contributed by atoms with Gasteiger partial charge in [0.05, 0.1) is 35.1 Å². The van der Waals surface area contributed by atoms with Crippen LogP contribution in [0, 0.1) is 11.3 Å². The summed E-state index contributed by atoms with van der Waals surface area (Å²) in [5.41, 5.74) is 12.0. The van der Waals surface area contributed by atoms with E-state index in [1.165, 1.54) is 11.3 Å². The average Bonchev–Trinajstić information content (AvgIpc) is 3.39. The van der Waals surface area contributed by atoms with Crippen LogP contribution in [-0.2, 0) is 4.74 Å². The van der Waals surface area contributed by atoms with Crippen LogP contribution < -0.4 is 10.6 Å². The number of nitriles is 1. The van der Waals surface area contributed by atoms with Gasteiger partial charge in [-0.3, -0.25) is 4.90 Å². The zero-order valence-electron chi connectivity index (χ0n) is 18.6. The first kappa shape index (κ1) is 20.3. The average molecular weight is 422 g/mol. The van der Waals surface area contributed by atoms with E-state index in [1.807, 2.05) is 18.2 Å². The summed E-state index contributed by atoms with van der Waals surface area (Å²) in [6, 6.07) is 8.07. The Hall–Kier alpha value is -2.60. The summed E-state index contributed by atoms with van der Waals surface area (Å²) in [6.07, 6.45) is 4.10. The third-order valence-electron chi connectivity index (χ3n) is 6.96. The molecular weight excluding hydrogens is 390 g/mol. The highest BCUT2D eigenvalue weighted by Crippen LogP contribution is 2.40. The maximum absolute atomic E-state index is 9.37. The summed E-state index contributed by atoms with van der Waals surface area (Å²) in [5, 5.41) is 13.7. The largest absolute Gasteiger partial charge is 0.381 e. The Labute approximate surface area is 183 Å². The summed E-state index contributed by atoms with van der Waals surface area (Å²) < 4.78 is 8.06. The van der Waals surface area contributed by atoms with Crippen molar-refractivity contribution in [1.29, 1.82) is 5.26 Å². The zero-order chi connectivity index (χ0) is 21.8. The van der Waals surface area contributed by atoms with Crippen LogP contribution in [0.4, 0.5) is 5.69 Å². The quantitative estimate of drug-likeness (QED) is 0.799. The van der Waals surface area contributed by atoms with Gasteiger partial charge in [-0.25, -0.2) is 4.52 Å². The molecule has 31 heavy (non-hydrogen) atoms. The number of rotatable bonds is 4. The number of pyridine rings is 1. The van der Waals surface area contributed by atoms with Crippen molar-refractivity contribution >= 4 is 11.2 Å². The molecule has 0 aromatic carbocycles. The molecule has 164 valence electrons. The predicted octanol–water partition coefficient (Wildman–Crippen LogP) is 1.42. The number of nitrogens with two attached hydrogens (primary N) is 1. The highest BCUT2D eigenvalue weighted by molar-refractivity contribution is 5.74. The van der Waals surface area contributed by atoms with Gasteiger partial charge in [0.25, 0.3) is 0 Å². The minimum absolute atomic E-state index is 0.105. The van der Waals surface area contributed by atoms with Gasteiger partial charge in [-0.15, -0.1) is 0 Å². The molecule has 0 bridgehead atoms. The first-order valence-electron chi connectivity index (χ1n) is 11.1. The van der Waals surface area contributed by atoms with E-state index < -0.39 is 0 Å². The second kappa shape index (κ2) is 7.52. The van der Waals surface area contributed by atoms with E-state index in [0.717, 1.165) is 56.8 Å². The van der Waals surface area contributed by atoms with E-state index >= 15 is 0 Å². The van der Waals surface area contributed by atoms with Gasteiger partial charge in [-0.2, -0.15) is 10.4 Å².